The first-order valence-corrected chi connectivity index (χ1v) is 8.18. The number of aliphatic hydroxyl groups excluding tert-OH is 1. The van der Waals surface area contributed by atoms with E-state index in [0.29, 0.717) is 17.4 Å². The topological polar surface area (TPSA) is 46.5 Å². The van der Waals surface area contributed by atoms with Gasteiger partial charge < -0.3 is 9.84 Å². The van der Waals surface area contributed by atoms with Crippen LogP contribution in [-0.2, 0) is 11.3 Å². The zero-order valence-corrected chi connectivity index (χ0v) is 13.4. The molecule has 0 amide bonds. The van der Waals surface area contributed by atoms with E-state index in [4.69, 9.17) is 9.84 Å². The van der Waals surface area contributed by atoms with Gasteiger partial charge in [0.25, 0.3) is 0 Å². The van der Waals surface area contributed by atoms with Crippen LogP contribution in [-0.4, -0.2) is 17.7 Å². The molecule has 1 fully saturated rings. The number of benzene rings is 2. The van der Waals surface area contributed by atoms with Crippen molar-refractivity contribution in [2.24, 2.45) is 11.8 Å². The molecule has 1 aliphatic carbocycles. The van der Waals surface area contributed by atoms with Gasteiger partial charge in [0, 0.05) is 18.1 Å². The molecule has 1 aliphatic rings. The molecular weight excluding hydrogens is 300 g/mol. The minimum absolute atomic E-state index is 0.262. The third kappa shape index (κ3) is 4.24. The Morgan fingerprint density at radius 1 is 1.08 bits per heavy atom. The van der Waals surface area contributed by atoms with Gasteiger partial charge in [-0.05, 0) is 48.6 Å². The summed E-state index contributed by atoms with van der Waals surface area (Å²) in [5.74, 6) is 6.83. The number of carbonyl (C=O) groups is 1. The highest BCUT2D eigenvalue weighted by molar-refractivity contribution is 5.89. The summed E-state index contributed by atoms with van der Waals surface area (Å²) in [6.45, 7) is 0.535. The number of hydrogen-bond acceptors (Lipinski definition) is 3. The Balaban J connectivity index is 1.52. The molecule has 0 bridgehead atoms. The first-order valence-electron chi connectivity index (χ1n) is 8.18. The van der Waals surface area contributed by atoms with Gasteiger partial charge in [-0.25, -0.2) is 4.79 Å². The van der Waals surface area contributed by atoms with E-state index in [1.165, 1.54) is 0 Å². The first kappa shape index (κ1) is 16.3. The Labute approximate surface area is 142 Å². The van der Waals surface area contributed by atoms with E-state index in [1.54, 1.807) is 12.1 Å². The number of esters is 1. The number of aliphatic hydroxyl groups is 1. The highest BCUT2D eigenvalue weighted by Gasteiger charge is 2.26. The van der Waals surface area contributed by atoms with Crippen molar-refractivity contribution in [3.8, 4) is 11.8 Å². The Kier molecular flexibility index (Phi) is 5.30. The van der Waals surface area contributed by atoms with Crippen LogP contribution in [0.15, 0.2) is 54.6 Å². The molecule has 0 saturated heterocycles. The summed E-state index contributed by atoms with van der Waals surface area (Å²) in [6, 6.07) is 16.8. The van der Waals surface area contributed by atoms with E-state index < -0.39 is 0 Å². The Hall–Kier alpha value is -2.57. The van der Waals surface area contributed by atoms with E-state index >= 15 is 0 Å². The zero-order chi connectivity index (χ0) is 16.8. The standard InChI is InChI=1S/C21H20O3/c22-14-19-12-18(13-19)7-6-16-8-10-20(11-9-16)21(23)24-15-17-4-2-1-3-5-17/h1-5,8-11,18-19,22H,12-15H2. The van der Waals surface area contributed by atoms with Gasteiger partial charge in [-0.15, -0.1) is 0 Å². The molecule has 122 valence electrons. The summed E-state index contributed by atoms with van der Waals surface area (Å²) in [6.07, 6.45) is 1.96. The summed E-state index contributed by atoms with van der Waals surface area (Å²) >= 11 is 0. The molecule has 0 heterocycles. The van der Waals surface area contributed by atoms with Crippen LogP contribution in [0.5, 0.6) is 0 Å². The second kappa shape index (κ2) is 7.81. The highest BCUT2D eigenvalue weighted by Crippen LogP contribution is 2.32. The Bertz CT molecular complexity index is 732. The number of hydrogen-bond donors (Lipinski definition) is 1. The lowest BCUT2D eigenvalue weighted by Gasteiger charge is -2.29. The minimum Gasteiger partial charge on any atom is -0.457 e. The second-order valence-electron chi connectivity index (χ2n) is 6.13. The average Bonchev–Trinajstić information content (AvgIpc) is 2.60. The summed E-state index contributed by atoms with van der Waals surface area (Å²) in [5.41, 5.74) is 2.39. The maximum Gasteiger partial charge on any atom is 0.338 e. The SMILES string of the molecule is O=C(OCc1ccccc1)c1ccc(C#CC2CC(CO)C2)cc1. The molecule has 0 radical (unpaired) electrons. The van der Waals surface area contributed by atoms with Crippen LogP contribution >= 0.6 is 0 Å². The van der Waals surface area contributed by atoms with Crippen LogP contribution in [0, 0.1) is 23.7 Å². The molecule has 24 heavy (non-hydrogen) atoms. The average molecular weight is 320 g/mol. The van der Waals surface area contributed by atoms with Gasteiger partial charge in [-0.2, -0.15) is 0 Å². The lowest BCUT2D eigenvalue weighted by Crippen LogP contribution is -2.25. The van der Waals surface area contributed by atoms with Crippen molar-refractivity contribution in [1.82, 2.24) is 0 Å². The van der Waals surface area contributed by atoms with E-state index in [2.05, 4.69) is 11.8 Å². The predicted molar refractivity (Wildman–Crippen MR) is 92.2 cm³/mol. The summed E-state index contributed by atoms with van der Waals surface area (Å²) in [4.78, 5) is 12.0. The van der Waals surface area contributed by atoms with Gasteiger partial charge in [0.1, 0.15) is 6.61 Å². The summed E-state index contributed by atoms with van der Waals surface area (Å²) in [5, 5.41) is 9.00. The molecule has 0 aliphatic heterocycles. The molecule has 3 nitrogen and oxygen atoms in total. The van der Waals surface area contributed by atoms with Crippen molar-refractivity contribution in [2.45, 2.75) is 19.4 Å². The van der Waals surface area contributed by atoms with Crippen LogP contribution in [0.25, 0.3) is 0 Å². The number of ether oxygens (including phenoxy) is 1. The smallest absolute Gasteiger partial charge is 0.338 e. The van der Waals surface area contributed by atoms with Crippen molar-refractivity contribution >= 4 is 5.97 Å². The normalized spacial score (nSPS) is 18.9. The maximum atomic E-state index is 12.0. The van der Waals surface area contributed by atoms with Crippen molar-refractivity contribution in [1.29, 1.82) is 0 Å². The van der Waals surface area contributed by atoms with E-state index in [0.717, 1.165) is 24.0 Å². The molecule has 3 rings (SSSR count). The monoisotopic (exact) mass is 320 g/mol. The Morgan fingerprint density at radius 3 is 2.46 bits per heavy atom. The molecule has 2 aromatic rings. The van der Waals surface area contributed by atoms with Gasteiger partial charge in [0.15, 0.2) is 0 Å². The van der Waals surface area contributed by atoms with Crippen molar-refractivity contribution in [2.75, 3.05) is 6.61 Å². The van der Waals surface area contributed by atoms with E-state index in [1.807, 2.05) is 42.5 Å². The molecular formula is C21H20O3. The molecule has 0 unspecified atom stereocenters. The largest absolute Gasteiger partial charge is 0.457 e. The Morgan fingerprint density at radius 2 is 1.79 bits per heavy atom. The quantitative estimate of drug-likeness (QED) is 0.693. The van der Waals surface area contributed by atoms with Gasteiger partial charge in [0.2, 0.25) is 0 Å². The predicted octanol–water partition coefficient (Wildman–Crippen LogP) is 3.41. The molecule has 2 aromatic carbocycles. The van der Waals surface area contributed by atoms with Crippen molar-refractivity contribution in [3.63, 3.8) is 0 Å². The van der Waals surface area contributed by atoms with Gasteiger partial charge in [-0.1, -0.05) is 42.2 Å². The molecule has 1 N–H and O–H groups in total. The fraction of sp³-hybridized carbons (Fsp3) is 0.286. The summed E-state index contributed by atoms with van der Waals surface area (Å²) < 4.78 is 5.30. The van der Waals surface area contributed by atoms with Gasteiger partial charge >= 0.3 is 5.97 Å². The van der Waals surface area contributed by atoms with Crippen LogP contribution < -0.4 is 0 Å². The molecule has 1 saturated carbocycles. The summed E-state index contributed by atoms with van der Waals surface area (Å²) in [7, 11) is 0. The molecule has 0 atom stereocenters. The highest BCUT2D eigenvalue weighted by atomic mass is 16.5. The second-order valence-corrected chi connectivity index (χ2v) is 6.13. The van der Waals surface area contributed by atoms with Crippen LogP contribution in [0.2, 0.25) is 0 Å². The van der Waals surface area contributed by atoms with Crippen LogP contribution in [0.1, 0.15) is 34.3 Å². The minimum atomic E-state index is -0.330. The van der Waals surface area contributed by atoms with E-state index in [-0.39, 0.29) is 19.2 Å². The van der Waals surface area contributed by atoms with E-state index in [9.17, 15) is 4.79 Å². The molecule has 3 heteroatoms. The van der Waals surface area contributed by atoms with Crippen LogP contribution in [0.3, 0.4) is 0 Å². The maximum absolute atomic E-state index is 12.0. The number of rotatable bonds is 4. The zero-order valence-electron chi connectivity index (χ0n) is 13.4. The van der Waals surface area contributed by atoms with Crippen molar-refractivity contribution < 1.29 is 14.6 Å². The molecule has 0 aromatic heterocycles. The van der Waals surface area contributed by atoms with Crippen LogP contribution in [0.4, 0.5) is 0 Å². The molecule has 0 spiro atoms. The third-order valence-corrected chi connectivity index (χ3v) is 4.25. The van der Waals surface area contributed by atoms with Gasteiger partial charge in [-0.3, -0.25) is 0 Å². The fourth-order valence-corrected chi connectivity index (χ4v) is 2.68. The van der Waals surface area contributed by atoms with Crippen molar-refractivity contribution in [3.05, 3.63) is 71.3 Å². The first-order chi connectivity index (χ1) is 11.7. The van der Waals surface area contributed by atoms with Gasteiger partial charge in [0.05, 0.1) is 5.56 Å². The fourth-order valence-electron chi connectivity index (χ4n) is 2.68. The lowest BCUT2D eigenvalue weighted by atomic mass is 9.76. The number of carbonyl (C=O) groups excluding carboxylic acids is 1. The lowest BCUT2D eigenvalue weighted by molar-refractivity contribution is 0.0472. The third-order valence-electron chi connectivity index (χ3n) is 4.25.